The van der Waals surface area contributed by atoms with E-state index in [0.29, 0.717) is 23.1 Å². The van der Waals surface area contributed by atoms with Gasteiger partial charge in [0.15, 0.2) is 5.82 Å². The van der Waals surface area contributed by atoms with Gasteiger partial charge in [0, 0.05) is 0 Å². The molecule has 1 aliphatic carbocycles. The third kappa shape index (κ3) is 3.16. The number of imidazole rings is 1. The van der Waals surface area contributed by atoms with E-state index in [-0.39, 0.29) is 0 Å². The third-order valence-corrected chi connectivity index (χ3v) is 4.89. The van der Waals surface area contributed by atoms with E-state index in [4.69, 9.17) is 4.74 Å². The highest BCUT2D eigenvalue weighted by Crippen LogP contribution is 2.32. The van der Waals surface area contributed by atoms with Crippen LogP contribution in [-0.2, 0) is 5.67 Å². The number of nitrogens with zero attached hydrogens (tertiary/aromatic N) is 3. The molecule has 0 spiro atoms. The molecule has 136 valence electrons. The first-order valence-electron chi connectivity index (χ1n) is 8.98. The Bertz CT molecular complexity index is 954. The number of aromatic nitrogens is 4. The molecule has 6 heteroatoms. The smallest absolute Gasteiger partial charge is 0.157 e. The fraction of sp³-hybridized carbons (Fsp3) is 0.450. The van der Waals surface area contributed by atoms with E-state index < -0.39 is 5.67 Å². The first kappa shape index (κ1) is 16.9. The van der Waals surface area contributed by atoms with E-state index in [2.05, 4.69) is 26.9 Å². The van der Waals surface area contributed by atoms with Gasteiger partial charge < -0.3 is 9.72 Å². The van der Waals surface area contributed by atoms with Gasteiger partial charge in [-0.25, -0.2) is 14.4 Å². The van der Waals surface area contributed by atoms with Crippen LogP contribution in [0.25, 0.3) is 22.6 Å². The number of pyridine rings is 2. The second-order valence-electron chi connectivity index (χ2n) is 7.80. The first-order chi connectivity index (χ1) is 12.3. The molecule has 0 unspecified atom stereocenters. The zero-order chi connectivity index (χ0) is 18.5. The van der Waals surface area contributed by atoms with E-state index in [1.165, 1.54) is 13.8 Å². The molecule has 0 radical (unpaired) electrons. The maximum absolute atomic E-state index is 14.1. The second kappa shape index (κ2) is 6.04. The Kier molecular flexibility index (Phi) is 3.93. The minimum Gasteiger partial charge on any atom is -0.489 e. The molecule has 0 aliphatic heterocycles. The molecule has 1 fully saturated rings. The highest BCUT2D eigenvalue weighted by molar-refractivity contribution is 5.79. The SMILES string of the molecule is Cc1cc(OC2CC(C)C2)cnc1-c1nc2cc(C(C)(C)F)ncc2[nH]1. The number of alkyl halides is 1. The molecule has 26 heavy (non-hydrogen) atoms. The number of fused-ring (bicyclic) bond motifs is 1. The van der Waals surface area contributed by atoms with E-state index in [1.54, 1.807) is 18.5 Å². The third-order valence-electron chi connectivity index (χ3n) is 4.89. The highest BCUT2D eigenvalue weighted by Gasteiger charge is 2.27. The van der Waals surface area contributed by atoms with Gasteiger partial charge in [-0.15, -0.1) is 0 Å². The highest BCUT2D eigenvalue weighted by atomic mass is 19.1. The summed E-state index contributed by atoms with van der Waals surface area (Å²) in [5.41, 5.74) is 2.05. The predicted octanol–water partition coefficient (Wildman–Crippen LogP) is 4.71. The summed E-state index contributed by atoms with van der Waals surface area (Å²) in [6.45, 7) is 7.20. The van der Waals surface area contributed by atoms with E-state index >= 15 is 0 Å². The van der Waals surface area contributed by atoms with Crippen LogP contribution in [0.1, 0.15) is 44.9 Å². The first-order valence-corrected chi connectivity index (χ1v) is 8.98. The zero-order valence-electron chi connectivity index (χ0n) is 15.5. The number of aryl methyl sites for hydroxylation is 1. The molecule has 1 aliphatic rings. The van der Waals surface area contributed by atoms with Gasteiger partial charge in [-0.2, -0.15) is 0 Å². The molecule has 4 rings (SSSR count). The second-order valence-corrected chi connectivity index (χ2v) is 7.80. The van der Waals surface area contributed by atoms with Crippen LogP contribution in [0.5, 0.6) is 5.75 Å². The minimum atomic E-state index is -1.50. The van der Waals surface area contributed by atoms with Crippen LogP contribution in [0.2, 0.25) is 0 Å². The Morgan fingerprint density at radius 3 is 2.62 bits per heavy atom. The van der Waals surface area contributed by atoms with Crippen molar-refractivity contribution in [3.8, 4) is 17.3 Å². The van der Waals surface area contributed by atoms with Crippen LogP contribution in [0.4, 0.5) is 4.39 Å². The molecule has 3 aromatic heterocycles. The summed E-state index contributed by atoms with van der Waals surface area (Å²) in [6, 6.07) is 3.67. The van der Waals surface area contributed by atoms with Crippen LogP contribution in [0.3, 0.4) is 0 Å². The summed E-state index contributed by atoms with van der Waals surface area (Å²) in [7, 11) is 0. The summed E-state index contributed by atoms with van der Waals surface area (Å²) in [4.78, 5) is 16.5. The van der Waals surface area contributed by atoms with Gasteiger partial charge in [0.1, 0.15) is 17.1 Å². The molecule has 0 atom stereocenters. The van der Waals surface area contributed by atoms with Gasteiger partial charge >= 0.3 is 0 Å². The number of H-pyrrole nitrogens is 1. The van der Waals surface area contributed by atoms with Gasteiger partial charge in [0.05, 0.1) is 35.2 Å². The monoisotopic (exact) mass is 354 g/mol. The predicted molar refractivity (Wildman–Crippen MR) is 98.8 cm³/mol. The fourth-order valence-corrected chi connectivity index (χ4v) is 3.33. The summed E-state index contributed by atoms with van der Waals surface area (Å²) >= 11 is 0. The molecule has 0 aromatic carbocycles. The van der Waals surface area contributed by atoms with Crippen LogP contribution in [-0.4, -0.2) is 26.0 Å². The van der Waals surface area contributed by atoms with Crippen molar-refractivity contribution < 1.29 is 9.13 Å². The lowest BCUT2D eigenvalue weighted by Crippen LogP contribution is -2.31. The maximum atomic E-state index is 14.1. The van der Waals surface area contributed by atoms with Crippen molar-refractivity contribution in [2.75, 3.05) is 0 Å². The largest absolute Gasteiger partial charge is 0.489 e. The van der Waals surface area contributed by atoms with Gasteiger partial charge in [-0.1, -0.05) is 6.92 Å². The van der Waals surface area contributed by atoms with Gasteiger partial charge in [0.25, 0.3) is 0 Å². The lowest BCUT2D eigenvalue weighted by Gasteiger charge is -2.32. The number of halogens is 1. The summed E-state index contributed by atoms with van der Waals surface area (Å²) in [6.07, 6.45) is 5.87. The Hall–Kier alpha value is -2.50. The number of hydrogen-bond donors (Lipinski definition) is 1. The number of aromatic amines is 1. The molecule has 0 saturated heterocycles. The van der Waals surface area contributed by atoms with Crippen molar-refractivity contribution in [1.82, 2.24) is 19.9 Å². The van der Waals surface area contributed by atoms with Crippen molar-refractivity contribution in [3.63, 3.8) is 0 Å². The van der Waals surface area contributed by atoms with Gasteiger partial charge in [-0.05, 0) is 57.2 Å². The summed E-state index contributed by atoms with van der Waals surface area (Å²) < 4.78 is 20.1. The van der Waals surface area contributed by atoms with E-state index in [1.807, 2.05) is 13.0 Å². The van der Waals surface area contributed by atoms with Crippen LogP contribution in [0.15, 0.2) is 24.5 Å². The molecule has 0 bridgehead atoms. The molecule has 1 N–H and O–H groups in total. The number of ether oxygens (including phenoxy) is 1. The quantitative estimate of drug-likeness (QED) is 0.737. The minimum absolute atomic E-state index is 0.303. The lowest BCUT2D eigenvalue weighted by molar-refractivity contribution is 0.0735. The van der Waals surface area contributed by atoms with Crippen LogP contribution < -0.4 is 4.74 Å². The molecular formula is C20H23FN4O. The molecule has 1 saturated carbocycles. The number of nitrogens with one attached hydrogen (secondary N) is 1. The van der Waals surface area contributed by atoms with Crippen molar-refractivity contribution in [1.29, 1.82) is 0 Å². The Labute approximate surface area is 152 Å². The Morgan fingerprint density at radius 2 is 1.96 bits per heavy atom. The van der Waals surface area contributed by atoms with Crippen LogP contribution >= 0.6 is 0 Å². The van der Waals surface area contributed by atoms with Crippen molar-refractivity contribution >= 4 is 11.0 Å². The fourth-order valence-electron chi connectivity index (χ4n) is 3.33. The average Bonchev–Trinajstić information content (AvgIpc) is 2.95. The molecule has 3 aromatic rings. The average molecular weight is 354 g/mol. The van der Waals surface area contributed by atoms with Crippen LogP contribution in [0, 0.1) is 12.8 Å². The van der Waals surface area contributed by atoms with Crippen molar-refractivity contribution in [2.45, 2.75) is 52.3 Å². The van der Waals surface area contributed by atoms with E-state index in [9.17, 15) is 4.39 Å². The number of hydrogen-bond acceptors (Lipinski definition) is 4. The van der Waals surface area contributed by atoms with Crippen molar-refractivity contribution in [3.05, 3.63) is 35.8 Å². The topological polar surface area (TPSA) is 63.7 Å². The standard InChI is InChI=1S/C20H23FN4O/c1-11-5-13(6-11)26-14-7-12(2)18(23-9-14)19-24-15-8-17(20(3,4)21)22-10-16(15)25-19/h7-11,13H,5-6H2,1-4H3,(H,24,25). The maximum Gasteiger partial charge on any atom is 0.157 e. The van der Waals surface area contributed by atoms with Gasteiger partial charge in [0.2, 0.25) is 0 Å². The Balaban J connectivity index is 1.62. The lowest BCUT2D eigenvalue weighted by atomic mass is 9.84. The molecule has 0 amide bonds. The van der Waals surface area contributed by atoms with Crippen molar-refractivity contribution in [2.24, 2.45) is 5.92 Å². The van der Waals surface area contributed by atoms with Gasteiger partial charge in [-0.3, -0.25) is 4.98 Å². The molecule has 5 nitrogen and oxygen atoms in total. The summed E-state index contributed by atoms with van der Waals surface area (Å²) in [5, 5.41) is 0. The van der Waals surface area contributed by atoms with E-state index in [0.717, 1.165) is 41.3 Å². The molecular weight excluding hydrogens is 331 g/mol. The molecule has 3 heterocycles. The number of rotatable bonds is 4. The Morgan fingerprint density at radius 1 is 1.19 bits per heavy atom. The summed E-state index contributed by atoms with van der Waals surface area (Å²) in [5.74, 6) is 2.19. The zero-order valence-corrected chi connectivity index (χ0v) is 15.5. The normalized spacial score (nSPS) is 20.2.